The molecule has 33 heavy (non-hydrogen) atoms. The molecule has 10 heteroatoms. The summed E-state index contributed by atoms with van der Waals surface area (Å²) in [5.41, 5.74) is 2.60. The first-order valence-electron chi connectivity index (χ1n) is 11.0. The zero-order chi connectivity index (χ0) is 23.6. The molecule has 1 saturated heterocycles. The Bertz CT molecular complexity index is 1140. The van der Waals surface area contributed by atoms with Gasteiger partial charge in [0.05, 0.1) is 24.2 Å². The van der Waals surface area contributed by atoms with Crippen LogP contribution in [0.3, 0.4) is 0 Å². The first-order valence-corrected chi connectivity index (χ1v) is 12.4. The molecule has 0 spiro atoms. The number of piperidine rings is 1. The quantitative estimate of drug-likeness (QED) is 0.682. The SMILES string of the molecule is COc1c(C)cnc(CNC(=O)C2CCN(S(=O)(=O)c3ccc4c(c3)OCCO4)CC2)c1C. The number of hydrogen-bond acceptors (Lipinski definition) is 7. The van der Waals surface area contributed by atoms with Crippen LogP contribution in [-0.4, -0.2) is 57.0 Å². The average molecular weight is 476 g/mol. The Morgan fingerprint density at radius 2 is 1.88 bits per heavy atom. The maximum Gasteiger partial charge on any atom is 0.243 e. The molecule has 0 radical (unpaired) electrons. The monoisotopic (exact) mass is 475 g/mol. The summed E-state index contributed by atoms with van der Waals surface area (Å²) >= 11 is 0. The van der Waals surface area contributed by atoms with Crippen molar-refractivity contribution in [1.82, 2.24) is 14.6 Å². The van der Waals surface area contributed by atoms with Crippen LogP contribution in [0.1, 0.15) is 29.7 Å². The van der Waals surface area contributed by atoms with Crippen LogP contribution < -0.4 is 19.5 Å². The molecule has 0 saturated carbocycles. The zero-order valence-corrected chi connectivity index (χ0v) is 19.9. The van der Waals surface area contributed by atoms with Gasteiger partial charge in [-0.25, -0.2) is 8.42 Å². The van der Waals surface area contributed by atoms with Gasteiger partial charge in [-0.05, 0) is 38.8 Å². The van der Waals surface area contributed by atoms with E-state index in [1.165, 1.54) is 16.4 Å². The van der Waals surface area contributed by atoms with E-state index >= 15 is 0 Å². The molecule has 2 aromatic rings. The standard InChI is InChI=1S/C23H29N3O6S/c1-15-13-24-19(16(2)22(15)30-3)14-25-23(27)17-6-8-26(9-7-17)33(28,29)18-4-5-20-21(12-18)32-11-10-31-20/h4-5,12-13,17H,6-11,14H2,1-3H3,(H,25,27). The second kappa shape index (κ2) is 9.56. The van der Waals surface area contributed by atoms with Crippen LogP contribution in [-0.2, 0) is 21.4 Å². The molecule has 9 nitrogen and oxygen atoms in total. The second-order valence-electron chi connectivity index (χ2n) is 8.25. The number of amides is 1. The number of sulfonamides is 1. The minimum absolute atomic E-state index is 0.0906. The number of benzene rings is 1. The van der Waals surface area contributed by atoms with Gasteiger partial charge in [-0.2, -0.15) is 4.31 Å². The number of hydrogen-bond donors (Lipinski definition) is 1. The predicted molar refractivity (Wildman–Crippen MR) is 121 cm³/mol. The van der Waals surface area contributed by atoms with Crippen LogP contribution in [0, 0.1) is 19.8 Å². The highest BCUT2D eigenvalue weighted by molar-refractivity contribution is 7.89. The minimum atomic E-state index is -3.68. The molecule has 178 valence electrons. The Labute approximate surface area is 194 Å². The molecular formula is C23H29N3O6S. The van der Waals surface area contributed by atoms with E-state index in [1.54, 1.807) is 19.4 Å². The highest BCUT2D eigenvalue weighted by Crippen LogP contribution is 2.34. The molecule has 1 fully saturated rings. The summed E-state index contributed by atoms with van der Waals surface area (Å²) in [4.78, 5) is 17.3. The van der Waals surface area contributed by atoms with Gasteiger partial charge in [-0.3, -0.25) is 9.78 Å². The fourth-order valence-corrected chi connectivity index (χ4v) is 5.74. The van der Waals surface area contributed by atoms with Crippen molar-refractivity contribution in [3.05, 3.63) is 41.2 Å². The summed E-state index contributed by atoms with van der Waals surface area (Å²) in [6.07, 6.45) is 2.65. The number of rotatable bonds is 6. The Morgan fingerprint density at radius 3 is 2.58 bits per heavy atom. The van der Waals surface area contributed by atoms with E-state index in [9.17, 15) is 13.2 Å². The van der Waals surface area contributed by atoms with Gasteiger partial charge < -0.3 is 19.5 Å². The Kier molecular flexibility index (Phi) is 6.76. The van der Waals surface area contributed by atoms with Crippen molar-refractivity contribution in [3.8, 4) is 17.2 Å². The molecule has 1 aromatic heterocycles. The topological polar surface area (TPSA) is 107 Å². The third kappa shape index (κ3) is 4.77. The number of aryl methyl sites for hydroxylation is 1. The Balaban J connectivity index is 1.35. The molecule has 1 amide bonds. The van der Waals surface area contributed by atoms with E-state index in [4.69, 9.17) is 14.2 Å². The molecule has 3 heterocycles. The number of aromatic nitrogens is 1. The number of carbonyl (C=O) groups is 1. The van der Waals surface area contributed by atoms with Crippen LogP contribution >= 0.6 is 0 Å². The fourth-order valence-electron chi connectivity index (χ4n) is 4.26. The minimum Gasteiger partial charge on any atom is -0.496 e. The number of carbonyl (C=O) groups excluding carboxylic acids is 1. The van der Waals surface area contributed by atoms with Crippen molar-refractivity contribution in [1.29, 1.82) is 0 Å². The van der Waals surface area contributed by atoms with Gasteiger partial charge in [0.15, 0.2) is 11.5 Å². The lowest BCUT2D eigenvalue weighted by Crippen LogP contribution is -2.43. The van der Waals surface area contributed by atoms with E-state index < -0.39 is 10.0 Å². The number of nitrogens with zero attached hydrogens (tertiary/aromatic N) is 2. The van der Waals surface area contributed by atoms with Crippen molar-refractivity contribution < 1.29 is 27.4 Å². The maximum absolute atomic E-state index is 13.1. The third-order valence-corrected chi connectivity index (χ3v) is 8.05. The van der Waals surface area contributed by atoms with Crippen molar-refractivity contribution in [3.63, 3.8) is 0 Å². The van der Waals surface area contributed by atoms with Crippen molar-refractivity contribution in [2.24, 2.45) is 5.92 Å². The normalized spacial score (nSPS) is 16.9. The van der Waals surface area contributed by atoms with Crippen LogP contribution in [0.5, 0.6) is 17.2 Å². The summed E-state index contributed by atoms with van der Waals surface area (Å²) in [5, 5.41) is 2.94. The summed E-state index contributed by atoms with van der Waals surface area (Å²) < 4.78 is 44.0. The Morgan fingerprint density at radius 1 is 1.18 bits per heavy atom. The molecule has 2 aliphatic rings. The van der Waals surface area contributed by atoms with E-state index in [0.29, 0.717) is 44.1 Å². The summed E-state index contributed by atoms with van der Waals surface area (Å²) in [7, 11) is -2.06. The average Bonchev–Trinajstić information content (AvgIpc) is 2.83. The summed E-state index contributed by atoms with van der Waals surface area (Å²) in [6.45, 7) is 5.55. The van der Waals surface area contributed by atoms with E-state index in [1.807, 2.05) is 13.8 Å². The van der Waals surface area contributed by atoms with Gasteiger partial charge in [-0.1, -0.05) is 0 Å². The largest absolute Gasteiger partial charge is 0.496 e. The lowest BCUT2D eigenvalue weighted by atomic mass is 9.97. The van der Waals surface area contributed by atoms with Gasteiger partial charge in [0.1, 0.15) is 19.0 Å². The molecule has 0 unspecified atom stereocenters. The summed E-state index contributed by atoms with van der Waals surface area (Å²) in [5.74, 6) is 1.42. The fraction of sp³-hybridized carbons (Fsp3) is 0.478. The van der Waals surface area contributed by atoms with Crippen molar-refractivity contribution in [2.45, 2.75) is 38.1 Å². The van der Waals surface area contributed by atoms with E-state index in [-0.39, 0.29) is 29.8 Å². The maximum atomic E-state index is 13.1. The molecule has 4 rings (SSSR count). The highest BCUT2D eigenvalue weighted by atomic mass is 32.2. The molecule has 1 aromatic carbocycles. The second-order valence-corrected chi connectivity index (χ2v) is 10.2. The van der Waals surface area contributed by atoms with Crippen LogP contribution in [0.4, 0.5) is 0 Å². The third-order valence-electron chi connectivity index (χ3n) is 6.16. The zero-order valence-electron chi connectivity index (χ0n) is 19.1. The van der Waals surface area contributed by atoms with Gasteiger partial charge in [0.2, 0.25) is 15.9 Å². The highest BCUT2D eigenvalue weighted by Gasteiger charge is 2.33. The summed E-state index contributed by atoms with van der Waals surface area (Å²) in [6, 6.07) is 4.66. The number of fused-ring (bicyclic) bond motifs is 1. The molecule has 2 aliphatic heterocycles. The van der Waals surface area contributed by atoms with Gasteiger partial charge in [-0.15, -0.1) is 0 Å². The molecule has 1 N–H and O–H groups in total. The lowest BCUT2D eigenvalue weighted by Gasteiger charge is -2.31. The van der Waals surface area contributed by atoms with Gasteiger partial charge in [0, 0.05) is 42.4 Å². The smallest absolute Gasteiger partial charge is 0.243 e. The van der Waals surface area contributed by atoms with Crippen molar-refractivity contribution in [2.75, 3.05) is 33.4 Å². The van der Waals surface area contributed by atoms with Gasteiger partial charge >= 0.3 is 0 Å². The van der Waals surface area contributed by atoms with Gasteiger partial charge in [0.25, 0.3) is 0 Å². The molecule has 0 atom stereocenters. The van der Waals surface area contributed by atoms with Crippen LogP contribution in [0.25, 0.3) is 0 Å². The number of nitrogens with one attached hydrogen (secondary N) is 1. The molecule has 0 bridgehead atoms. The number of methoxy groups -OCH3 is 1. The van der Waals surface area contributed by atoms with Crippen LogP contribution in [0.2, 0.25) is 0 Å². The predicted octanol–water partition coefficient (Wildman–Crippen LogP) is 2.20. The van der Waals surface area contributed by atoms with E-state index in [0.717, 1.165) is 22.6 Å². The van der Waals surface area contributed by atoms with Crippen LogP contribution in [0.15, 0.2) is 29.3 Å². The van der Waals surface area contributed by atoms with Crippen molar-refractivity contribution >= 4 is 15.9 Å². The van der Waals surface area contributed by atoms with E-state index in [2.05, 4.69) is 10.3 Å². The number of ether oxygens (including phenoxy) is 3. The lowest BCUT2D eigenvalue weighted by molar-refractivity contribution is -0.126. The molecular weight excluding hydrogens is 446 g/mol. The first-order chi connectivity index (χ1) is 15.8. The number of pyridine rings is 1. The Hall–Kier alpha value is -2.85. The first kappa shape index (κ1) is 23.3. The molecule has 0 aliphatic carbocycles.